The largest absolute Gasteiger partial charge is 0.436 e. The Kier molecular flexibility index (Phi) is 7.78. The van der Waals surface area contributed by atoms with Gasteiger partial charge in [0.25, 0.3) is 0 Å². The minimum Gasteiger partial charge on any atom is -0.436 e. The summed E-state index contributed by atoms with van der Waals surface area (Å²) in [5, 5.41) is 4.72. The number of fused-ring (bicyclic) bond motifs is 6. The molecule has 4 heteroatoms. The van der Waals surface area contributed by atoms with Crippen LogP contribution in [0, 0.1) is 0 Å². The SMILES string of the molecule is c1ccc(-c2ccc(N(c3ccc(-c4ccc5c(ccc6oc(-c7ccccc7)nc65)c4)cc3)c3ccc(-n4c5ccccc5c5ccccc54)cc3)cc2)cc1. The van der Waals surface area contributed by atoms with Crippen molar-refractivity contribution in [2.45, 2.75) is 0 Å². The van der Waals surface area contributed by atoms with Crippen LogP contribution in [0.1, 0.15) is 0 Å². The van der Waals surface area contributed by atoms with Crippen LogP contribution in [-0.2, 0) is 0 Å². The summed E-state index contributed by atoms with van der Waals surface area (Å²) in [7, 11) is 0. The van der Waals surface area contributed by atoms with Crippen LogP contribution in [-0.4, -0.2) is 9.55 Å². The zero-order chi connectivity index (χ0) is 37.7. The average Bonchev–Trinajstić information content (AvgIpc) is 3.88. The third-order valence-corrected chi connectivity index (χ3v) is 11.0. The second-order valence-corrected chi connectivity index (χ2v) is 14.4. The van der Waals surface area contributed by atoms with E-state index in [1.165, 1.54) is 32.9 Å². The summed E-state index contributed by atoms with van der Waals surface area (Å²) in [6, 6.07) is 75.3. The van der Waals surface area contributed by atoms with Crippen molar-refractivity contribution in [3.8, 4) is 39.4 Å². The number of aromatic nitrogens is 2. The van der Waals surface area contributed by atoms with Gasteiger partial charge in [0.1, 0.15) is 5.52 Å². The van der Waals surface area contributed by atoms with Gasteiger partial charge >= 0.3 is 0 Å². The van der Waals surface area contributed by atoms with Crippen molar-refractivity contribution in [2.75, 3.05) is 4.90 Å². The molecule has 0 N–H and O–H groups in total. The summed E-state index contributed by atoms with van der Waals surface area (Å²) < 4.78 is 8.52. The van der Waals surface area contributed by atoms with Gasteiger partial charge in [-0.15, -0.1) is 0 Å². The molecule has 0 saturated heterocycles. The van der Waals surface area contributed by atoms with E-state index in [-0.39, 0.29) is 0 Å². The third kappa shape index (κ3) is 5.74. The number of oxazole rings is 1. The number of hydrogen-bond donors (Lipinski definition) is 0. The first-order valence-electron chi connectivity index (χ1n) is 19.3. The van der Waals surface area contributed by atoms with Crippen molar-refractivity contribution in [3.63, 3.8) is 0 Å². The van der Waals surface area contributed by atoms with Gasteiger partial charge < -0.3 is 13.9 Å². The molecule has 0 aliphatic heterocycles. The van der Waals surface area contributed by atoms with E-state index >= 15 is 0 Å². The summed E-state index contributed by atoms with van der Waals surface area (Å²) in [6.45, 7) is 0. The minimum atomic E-state index is 0.637. The molecule has 2 aromatic heterocycles. The molecule has 0 spiro atoms. The number of nitrogens with zero attached hydrogens (tertiary/aromatic N) is 3. The lowest BCUT2D eigenvalue weighted by atomic mass is 10.00. The molecule has 9 aromatic carbocycles. The van der Waals surface area contributed by atoms with Crippen molar-refractivity contribution in [1.82, 2.24) is 9.55 Å². The van der Waals surface area contributed by atoms with Crippen molar-refractivity contribution < 1.29 is 4.42 Å². The molecule has 2 heterocycles. The summed E-state index contributed by atoms with van der Waals surface area (Å²) in [5.41, 5.74) is 14.1. The van der Waals surface area contributed by atoms with Crippen LogP contribution in [0.4, 0.5) is 17.1 Å². The van der Waals surface area contributed by atoms with Crippen molar-refractivity contribution in [1.29, 1.82) is 0 Å². The number of para-hydroxylation sites is 2. The van der Waals surface area contributed by atoms with Crippen LogP contribution in [0.15, 0.2) is 217 Å². The molecule has 0 saturated carbocycles. The van der Waals surface area contributed by atoms with Crippen LogP contribution in [0.5, 0.6) is 0 Å². The van der Waals surface area contributed by atoms with E-state index in [2.05, 4.69) is 185 Å². The van der Waals surface area contributed by atoms with Crippen LogP contribution in [0.25, 0.3) is 83.1 Å². The first-order chi connectivity index (χ1) is 28.2. The molecule has 0 aliphatic carbocycles. The lowest BCUT2D eigenvalue weighted by Gasteiger charge is -2.26. The molecule has 57 heavy (non-hydrogen) atoms. The highest BCUT2D eigenvalue weighted by Gasteiger charge is 2.17. The van der Waals surface area contributed by atoms with Crippen LogP contribution < -0.4 is 4.90 Å². The molecule has 0 aliphatic rings. The van der Waals surface area contributed by atoms with Gasteiger partial charge in [0.15, 0.2) is 5.58 Å². The lowest BCUT2D eigenvalue weighted by Crippen LogP contribution is -2.10. The Bertz CT molecular complexity index is 3150. The Morgan fingerprint density at radius 3 is 1.49 bits per heavy atom. The van der Waals surface area contributed by atoms with Crippen molar-refractivity contribution >= 4 is 60.7 Å². The highest BCUT2D eigenvalue weighted by Crippen LogP contribution is 2.39. The minimum absolute atomic E-state index is 0.637. The summed E-state index contributed by atoms with van der Waals surface area (Å²) in [6.07, 6.45) is 0. The van der Waals surface area contributed by atoms with Gasteiger partial charge in [-0.2, -0.15) is 0 Å². The van der Waals surface area contributed by atoms with E-state index in [0.717, 1.165) is 61.3 Å². The molecule has 0 bridgehead atoms. The number of anilines is 3. The van der Waals surface area contributed by atoms with Crippen LogP contribution >= 0.6 is 0 Å². The Hall–Kier alpha value is -7.69. The van der Waals surface area contributed by atoms with Gasteiger partial charge in [0.05, 0.1) is 11.0 Å². The fraction of sp³-hybridized carbons (Fsp3) is 0. The van der Waals surface area contributed by atoms with Gasteiger partial charge in [-0.3, -0.25) is 0 Å². The van der Waals surface area contributed by atoms with E-state index in [9.17, 15) is 0 Å². The van der Waals surface area contributed by atoms with Crippen molar-refractivity contribution in [3.05, 3.63) is 212 Å². The molecule has 0 fully saturated rings. The normalized spacial score (nSPS) is 11.5. The van der Waals surface area contributed by atoms with Gasteiger partial charge in [-0.25, -0.2) is 4.98 Å². The summed E-state index contributed by atoms with van der Waals surface area (Å²) in [5.74, 6) is 0.637. The maximum Gasteiger partial charge on any atom is 0.227 e. The van der Waals surface area contributed by atoms with Gasteiger partial charge in [-0.05, 0) is 113 Å². The Morgan fingerprint density at radius 1 is 0.386 bits per heavy atom. The summed E-state index contributed by atoms with van der Waals surface area (Å²) >= 11 is 0. The smallest absolute Gasteiger partial charge is 0.227 e. The average molecular weight is 730 g/mol. The standard InChI is InChI=1S/C53H35N3O/c1-3-11-36(12-4-1)37-19-25-42(26-20-37)55(44-29-31-45(32-30-44)56-49-17-9-7-15-47(49)48-16-8-10-18-50(48)56)43-27-21-38(22-28-43)40-23-33-46-41(35-40)24-34-51-52(46)54-53(57-51)39-13-5-2-6-14-39/h1-35H. The molecule has 4 nitrogen and oxygen atoms in total. The predicted molar refractivity (Wildman–Crippen MR) is 237 cm³/mol. The van der Waals surface area contributed by atoms with Crippen LogP contribution in [0.3, 0.4) is 0 Å². The molecule has 0 unspecified atom stereocenters. The molecule has 0 atom stereocenters. The first-order valence-corrected chi connectivity index (χ1v) is 19.3. The number of rotatable bonds is 7. The molecule has 0 radical (unpaired) electrons. The quantitative estimate of drug-likeness (QED) is 0.164. The van der Waals surface area contributed by atoms with E-state index in [0.29, 0.717) is 5.89 Å². The fourth-order valence-corrected chi connectivity index (χ4v) is 8.24. The predicted octanol–water partition coefficient (Wildman–Crippen LogP) is 14.5. The molecule has 0 amide bonds. The van der Waals surface area contributed by atoms with Crippen molar-refractivity contribution in [2.24, 2.45) is 0 Å². The van der Waals surface area contributed by atoms with Gasteiger partial charge in [0.2, 0.25) is 5.89 Å². The van der Waals surface area contributed by atoms with E-state index < -0.39 is 0 Å². The second-order valence-electron chi connectivity index (χ2n) is 14.4. The second kappa shape index (κ2) is 13.6. The maximum atomic E-state index is 6.16. The van der Waals surface area contributed by atoms with Gasteiger partial charge in [-0.1, -0.05) is 127 Å². The van der Waals surface area contributed by atoms with E-state index in [1.54, 1.807) is 0 Å². The zero-order valence-electron chi connectivity index (χ0n) is 31.0. The molecule has 11 rings (SSSR count). The highest BCUT2D eigenvalue weighted by atomic mass is 16.3. The monoisotopic (exact) mass is 729 g/mol. The van der Waals surface area contributed by atoms with E-state index in [1.807, 2.05) is 36.4 Å². The topological polar surface area (TPSA) is 34.2 Å². The molecule has 268 valence electrons. The fourth-order valence-electron chi connectivity index (χ4n) is 8.24. The third-order valence-electron chi connectivity index (χ3n) is 11.0. The molecular weight excluding hydrogens is 695 g/mol. The highest BCUT2D eigenvalue weighted by molar-refractivity contribution is 6.09. The lowest BCUT2D eigenvalue weighted by molar-refractivity contribution is 0.620. The number of hydrogen-bond acceptors (Lipinski definition) is 3. The summed E-state index contributed by atoms with van der Waals surface area (Å²) in [4.78, 5) is 7.23. The molecular formula is C53H35N3O. The van der Waals surface area contributed by atoms with E-state index in [4.69, 9.17) is 9.40 Å². The maximum absolute atomic E-state index is 6.16. The van der Waals surface area contributed by atoms with Gasteiger partial charge in [0, 0.05) is 44.5 Å². The molecule has 11 aromatic rings. The Morgan fingerprint density at radius 2 is 0.877 bits per heavy atom. The van der Waals surface area contributed by atoms with Crippen LogP contribution in [0.2, 0.25) is 0 Å². The Balaban J connectivity index is 0.963. The Labute approximate surface area is 330 Å². The number of benzene rings is 9. The first kappa shape index (κ1) is 32.7. The zero-order valence-corrected chi connectivity index (χ0v) is 31.0.